The van der Waals surface area contributed by atoms with Crippen LogP contribution >= 0.6 is 11.3 Å². The van der Waals surface area contributed by atoms with Gasteiger partial charge in [0.05, 0.1) is 11.8 Å². The molecule has 1 saturated heterocycles. The number of anilines is 1. The first-order chi connectivity index (χ1) is 12.1. The van der Waals surface area contributed by atoms with Gasteiger partial charge in [-0.3, -0.25) is 4.79 Å². The standard InChI is InChI=1S/C17H20N6OS/c1-12(2)23-15-13(11-20-23)9-14(10-19-15)16(24)21-4-6-22(7-5-21)17-18-3-8-25-17/h3,8-12H,4-7H2,1-2H3. The van der Waals surface area contributed by atoms with E-state index in [2.05, 4.69) is 33.8 Å². The highest BCUT2D eigenvalue weighted by Crippen LogP contribution is 2.21. The zero-order chi connectivity index (χ0) is 17.4. The third kappa shape index (κ3) is 2.97. The van der Waals surface area contributed by atoms with Crippen LogP contribution in [0, 0.1) is 0 Å². The van der Waals surface area contributed by atoms with Crippen LogP contribution < -0.4 is 4.90 Å². The van der Waals surface area contributed by atoms with Gasteiger partial charge in [-0.15, -0.1) is 11.3 Å². The average Bonchev–Trinajstić information content (AvgIpc) is 3.30. The Morgan fingerprint density at radius 2 is 1.96 bits per heavy atom. The molecule has 3 aromatic rings. The average molecular weight is 356 g/mol. The number of aromatic nitrogens is 4. The molecule has 1 fully saturated rings. The van der Waals surface area contributed by atoms with Crippen molar-refractivity contribution in [1.29, 1.82) is 0 Å². The molecule has 0 radical (unpaired) electrons. The van der Waals surface area contributed by atoms with Gasteiger partial charge >= 0.3 is 0 Å². The van der Waals surface area contributed by atoms with Crippen molar-refractivity contribution in [3.05, 3.63) is 35.6 Å². The monoisotopic (exact) mass is 356 g/mol. The Morgan fingerprint density at radius 1 is 1.16 bits per heavy atom. The molecule has 3 aromatic heterocycles. The SMILES string of the molecule is CC(C)n1ncc2cc(C(=O)N3CCN(c4nccs4)CC3)cnc21. The van der Waals surface area contributed by atoms with Crippen molar-refractivity contribution in [2.24, 2.45) is 0 Å². The van der Waals surface area contributed by atoms with Gasteiger partial charge in [-0.2, -0.15) is 5.10 Å². The van der Waals surface area contributed by atoms with E-state index in [1.54, 1.807) is 23.7 Å². The summed E-state index contributed by atoms with van der Waals surface area (Å²) in [6, 6.07) is 2.13. The number of piperazine rings is 1. The summed E-state index contributed by atoms with van der Waals surface area (Å²) in [5.41, 5.74) is 1.44. The Bertz CT molecular complexity index is 880. The number of carbonyl (C=O) groups excluding carboxylic acids is 1. The quantitative estimate of drug-likeness (QED) is 0.721. The topological polar surface area (TPSA) is 67.2 Å². The van der Waals surface area contributed by atoms with Crippen molar-refractivity contribution in [1.82, 2.24) is 24.6 Å². The Labute approximate surface area is 149 Å². The fourth-order valence-electron chi connectivity index (χ4n) is 3.09. The van der Waals surface area contributed by atoms with Gasteiger partial charge in [0, 0.05) is 55.4 Å². The summed E-state index contributed by atoms with van der Waals surface area (Å²) in [6.45, 7) is 7.13. The molecule has 0 aromatic carbocycles. The van der Waals surface area contributed by atoms with E-state index in [1.165, 1.54) is 0 Å². The van der Waals surface area contributed by atoms with Crippen LogP contribution in [0.3, 0.4) is 0 Å². The molecule has 0 unspecified atom stereocenters. The molecule has 0 N–H and O–H groups in total. The van der Waals surface area contributed by atoms with E-state index < -0.39 is 0 Å². The van der Waals surface area contributed by atoms with E-state index in [0.29, 0.717) is 18.7 Å². The number of amides is 1. The predicted molar refractivity (Wildman–Crippen MR) is 98.1 cm³/mol. The number of rotatable bonds is 3. The molecule has 8 heteroatoms. The number of nitrogens with zero attached hydrogens (tertiary/aromatic N) is 6. The van der Waals surface area contributed by atoms with Gasteiger partial charge in [0.2, 0.25) is 0 Å². The normalized spacial score (nSPS) is 15.3. The summed E-state index contributed by atoms with van der Waals surface area (Å²) in [7, 11) is 0. The van der Waals surface area contributed by atoms with Gasteiger partial charge in [-0.25, -0.2) is 14.6 Å². The molecule has 0 bridgehead atoms. The van der Waals surface area contributed by atoms with Crippen LogP contribution in [0.2, 0.25) is 0 Å². The molecule has 7 nitrogen and oxygen atoms in total. The summed E-state index contributed by atoms with van der Waals surface area (Å²) in [5.74, 6) is 0.0329. The number of hydrogen-bond acceptors (Lipinski definition) is 6. The summed E-state index contributed by atoms with van der Waals surface area (Å²) >= 11 is 1.63. The molecule has 4 rings (SSSR count). The van der Waals surface area contributed by atoms with E-state index in [-0.39, 0.29) is 11.9 Å². The zero-order valence-electron chi connectivity index (χ0n) is 14.3. The van der Waals surface area contributed by atoms with Gasteiger partial charge in [-0.05, 0) is 19.9 Å². The van der Waals surface area contributed by atoms with Gasteiger partial charge in [0.25, 0.3) is 5.91 Å². The van der Waals surface area contributed by atoms with Gasteiger partial charge in [-0.1, -0.05) is 0 Å². The summed E-state index contributed by atoms with van der Waals surface area (Å²) in [5, 5.41) is 8.27. The second-order valence-electron chi connectivity index (χ2n) is 6.41. The molecular weight excluding hydrogens is 336 g/mol. The maximum Gasteiger partial charge on any atom is 0.255 e. The highest BCUT2D eigenvalue weighted by molar-refractivity contribution is 7.13. The highest BCUT2D eigenvalue weighted by Gasteiger charge is 2.24. The van der Waals surface area contributed by atoms with Crippen LogP contribution in [-0.2, 0) is 0 Å². The van der Waals surface area contributed by atoms with Crippen molar-refractivity contribution < 1.29 is 4.79 Å². The zero-order valence-corrected chi connectivity index (χ0v) is 15.1. The second kappa shape index (κ2) is 6.44. The number of fused-ring (bicyclic) bond motifs is 1. The second-order valence-corrected chi connectivity index (χ2v) is 7.29. The number of thiazole rings is 1. The maximum atomic E-state index is 12.8. The van der Waals surface area contributed by atoms with Crippen LogP contribution in [0.25, 0.3) is 11.0 Å². The van der Waals surface area contributed by atoms with Crippen molar-refractivity contribution in [2.75, 3.05) is 31.1 Å². The molecule has 0 aliphatic carbocycles. The molecule has 0 atom stereocenters. The minimum absolute atomic E-state index is 0.0329. The van der Waals surface area contributed by atoms with Crippen molar-refractivity contribution >= 4 is 33.4 Å². The first-order valence-corrected chi connectivity index (χ1v) is 9.28. The van der Waals surface area contributed by atoms with Gasteiger partial charge in [0.15, 0.2) is 10.8 Å². The lowest BCUT2D eigenvalue weighted by atomic mass is 10.2. The third-order valence-electron chi connectivity index (χ3n) is 4.43. The molecular formula is C17H20N6OS. The van der Waals surface area contributed by atoms with Crippen molar-refractivity contribution in [3.63, 3.8) is 0 Å². The van der Waals surface area contributed by atoms with Crippen LogP contribution in [0.4, 0.5) is 5.13 Å². The summed E-state index contributed by atoms with van der Waals surface area (Å²) in [4.78, 5) is 25.7. The lowest BCUT2D eigenvalue weighted by Gasteiger charge is -2.34. The fourth-order valence-corrected chi connectivity index (χ4v) is 3.79. The van der Waals surface area contributed by atoms with Crippen LogP contribution in [0.5, 0.6) is 0 Å². The van der Waals surface area contributed by atoms with E-state index in [9.17, 15) is 4.79 Å². The highest BCUT2D eigenvalue weighted by atomic mass is 32.1. The number of carbonyl (C=O) groups is 1. The summed E-state index contributed by atoms with van der Waals surface area (Å²) in [6.07, 6.45) is 5.26. The van der Waals surface area contributed by atoms with Crippen LogP contribution in [0.1, 0.15) is 30.2 Å². The van der Waals surface area contributed by atoms with Crippen LogP contribution in [0.15, 0.2) is 30.0 Å². The van der Waals surface area contributed by atoms with Crippen molar-refractivity contribution in [2.45, 2.75) is 19.9 Å². The Kier molecular flexibility index (Phi) is 4.12. The van der Waals surface area contributed by atoms with E-state index in [4.69, 9.17) is 0 Å². The first kappa shape index (κ1) is 16.0. The molecule has 1 aliphatic rings. The first-order valence-electron chi connectivity index (χ1n) is 8.40. The molecule has 1 amide bonds. The van der Waals surface area contributed by atoms with Crippen molar-refractivity contribution in [3.8, 4) is 0 Å². The molecule has 130 valence electrons. The smallest absolute Gasteiger partial charge is 0.255 e. The minimum Gasteiger partial charge on any atom is -0.345 e. The largest absolute Gasteiger partial charge is 0.345 e. The number of hydrogen-bond donors (Lipinski definition) is 0. The van der Waals surface area contributed by atoms with Gasteiger partial charge < -0.3 is 9.80 Å². The lowest BCUT2D eigenvalue weighted by Crippen LogP contribution is -2.48. The Balaban J connectivity index is 1.49. The molecule has 25 heavy (non-hydrogen) atoms. The van der Waals surface area contributed by atoms with E-state index in [0.717, 1.165) is 29.3 Å². The van der Waals surface area contributed by atoms with Gasteiger partial charge in [0.1, 0.15) is 0 Å². The predicted octanol–water partition coefficient (Wildman–Crippen LogP) is 2.43. The molecule has 1 aliphatic heterocycles. The van der Waals surface area contributed by atoms with E-state index >= 15 is 0 Å². The Morgan fingerprint density at radius 3 is 2.64 bits per heavy atom. The van der Waals surface area contributed by atoms with E-state index in [1.807, 2.05) is 27.2 Å². The number of pyridine rings is 1. The third-order valence-corrected chi connectivity index (χ3v) is 5.26. The maximum absolute atomic E-state index is 12.8. The molecule has 0 saturated carbocycles. The minimum atomic E-state index is 0.0329. The summed E-state index contributed by atoms with van der Waals surface area (Å²) < 4.78 is 1.87. The fraction of sp³-hybridized carbons (Fsp3) is 0.412. The lowest BCUT2D eigenvalue weighted by molar-refractivity contribution is 0.0746. The Hall–Kier alpha value is -2.48. The molecule has 0 spiro atoms. The molecule has 4 heterocycles. The van der Waals surface area contributed by atoms with Crippen LogP contribution in [-0.4, -0.2) is 56.7 Å².